The van der Waals surface area contributed by atoms with Crippen LogP contribution in [0.4, 0.5) is 0 Å². The third-order valence-corrected chi connectivity index (χ3v) is 9.85. The fourth-order valence-electron chi connectivity index (χ4n) is 6.21. The molecule has 3 fully saturated rings. The van der Waals surface area contributed by atoms with Gasteiger partial charge >= 0.3 is 0 Å². The topological polar surface area (TPSA) is 128 Å². The third kappa shape index (κ3) is 6.65. The van der Waals surface area contributed by atoms with Gasteiger partial charge < -0.3 is 20.9 Å². The lowest BCUT2D eigenvalue weighted by Gasteiger charge is -2.37. The van der Waals surface area contributed by atoms with Crippen molar-refractivity contribution in [1.82, 2.24) is 25.2 Å². The zero-order chi connectivity index (χ0) is 27.7. The summed E-state index contributed by atoms with van der Waals surface area (Å²) in [4.78, 5) is 41.9. The lowest BCUT2D eigenvalue weighted by molar-refractivity contribution is -0.142. The minimum absolute atomic E-state index is 0.00580. The normalized spacial score (nSPS) is 27.9. The Labute approximate surface area is 222 Å². The molecule has 11 heteroatoms. The second kappa shape index (κ2) is 11.6. The summed E-state index contributed by atoms with van der Waals surface area (Å²) < 4.78 is 26.7. The van der Waals surface area contributed by atoms with Crippen LogP contribution in [0.2, 0.25) is 0 Å². The predicted octanol–water partition coefficient (Wildman–Crippen LogP) is 1.07. The van der Waals surface area contributed by atoms with Crippen LogP contribution < -0.4 is 16.0 Å². The molecule has 2 aliphatic heterocycles. The monoisotopic (exact) mass is 541 g/mol. The van der Waals surface area contributed by atoms with E-state index in [1.165, 1.54) is 10.7 Å². The number of sulfonamides is 1. The maximum absolute atomic E-state index is 14.0. The van der Waals surface area contributed by atoms with Crippen molar-refractivity contribution < 1.29 is 22.8 Å². The highest BCUT2D eigenvalue weighted by Crippen LogP contribution is 2.39. The van der Waals surface area contributed by atoms with E-state index in [1.807, 2.05) is 27.7 Å². The van der Waals surface area contributed by atoms with E-state index in [-0.39, 0.29) is 30.3 Å². The molecule has 37 heavy (non-hydrogen) atoms. The summed E-state index contributed by atoms with van der Waals surface area (Å²) in [5.74, 6) is -1.00. The van der Waals surface area contributed by atoms with Gasteiger partial charge in [0, 0.05) is 25.2 Å². The summed E-state index contributed by atoms with van der Waals surface area (Å²) in [6.45, 7) is 9.82. The number of nitrogens with one attached hydrogen (secondary N) is 3. The summed E-state index contributed by atoms with van der Waals surface area (Å²) in [6, 6.07) is -2.31. The summed E-state index contributed by atoms with van der Waals surface area (Å²) in [6.07, 6.45) is 7.33. The van der Waals surface area contributed by atoms with Gasteiger partial charge in [-0.2, -0.15) is 4.31 Å². The van der Waals surface area contributed by atoms with Crippen molar-refractivity contribution in [1.29, 1.82) is 0 Å². The molecule has 0 radical (unpaired) electrons. The molecular formula is C26H47N5O5S. The molecule has 3 aliphatic rings. The van der Waals surface area contributed by atoms with E-state index in [9.17, 15) is 22.8 Å². The van der Waals surface area contributed by atoms with Crippen LogP contribution in [0, 0.1) is 17.3 Å². The van der Waals surface area contributed by atoms with Crippen molar-refractivity contribution in [2.24, 2.45) is 17.3 Å². The van der Waals surface area contributed by atoms with E-state index >= 15 is 0 Å². The van der Waals surface area contributed by atoms with Crippen molar-refractivity contribution in [2.75, 3.05) is 26.4 Å². The molecule has 0 bridgehead atoms. The van der Waals surface area contributed by atoms with E-state index in [4.69, 9.17) is 0 Å². The number of carbonyl (C=O) groups excluding carboxylic acids is 3. The van der Waals surface area contributed by atoms with Crippen LogP contribution in [-0.2, 0) is 24.4 Å². The van der Waals surface area contributed by atoms with E-state index in [0.29, 0.717) is 18.9 Å². The Hall–Kier alpha value is -1.72. The smallest absolute Gasteiger partial charge is 0.246 e. The van der Waals surface area contributed by atoms with Gasteiger partial charge in [-0.05, 0) is 51.5 Å². The molecule has 6 atom stereocenters. The van der Waals surface area contributed by atoms with E-state index < -0.39 is 45.5 Å². The van der Waals surface area contributed by atoms with Crippen LogP contribution >= 0.6 is 0 Å². The highest BCUT2D eigenvalue weighted by molar-refractivity contribution is 7.88. The summed E-state index contributed by atoms with van der Waals surface area (Å²) in [5.41, 5.74) is -0.583. The lowest BCUT2D eigenvalue weighted by atomic mass is 9.84. The van der Waals surface area contributed by atoms with Gasteiger partial charge in [0.05, 0.1) is 24.3 Å². The average molecular weight is 542 g/mol. The second-order valence-corrected chi connectivity index (χ2v) is 14.3. The first kappa shape index (κ1) is 29.8. The van der Waals surface area contributed by atoms with Crippen molar-refractivity contribution >= 4 is 27.7 Å². The molecule has 0 spiro atoms. The maximum atomic E-state index is 14.0. The SMILES string of the molecule is CN[C@@H](C)C(=O)N[C@H](C(=O)N1CC[C@@H]2[C@H]1[C@@H](C(=O)N[C@@H](C)C1CCCCC1)CN2S(C)(=O)=O)C(C)(C)C. The molecule has 2 saturated heterocycles. The fraction of sp³-hybridized carbons (Fsp3) is 0.885. The zero-order valence-corrected chi connectivity index (χ0v) is 24.4. The molecule has 0 aromatic carbocycles. The van der Waals surface area contributed by atoms with Gasteiger partial charge in [-0.25, -0.2) is 8.42 Å². The largest absolute Gasteiger partial charge is 0.353 e. The highest BCUT2D eigenvalue weighted by Gasteiger charge is 2.56. The van der Waals surface area contributed by atoms with Crippen molar-refractivity contribution in [2.45, 2.75) is 103 Å². The summed E-state index contributed by atoms with van der Waals surface area (Å²) >= 11 is 0. The second-order valence-electron chi connectivity index (χ2n) is 12.3. The average Bonchev–Trinajstić information content (AvgIpc) is 3.41. The molecule has 3 N–H and O–H groups in total. The molecule has 3 rings (SSSR count). The predicted molar refractivity (Wildman–Crippen MR) is 143 cm³/mol. The molecule has 3 amide bonds. The Bertz CT molecular complexity index is 959. The van der Waals surface area contributed by atoms with Gasteiger partial charge in [0.25, 0.3) is 0 Å². The standard InChI is InChI=1S/C26H47N5O5S/c1-16(18-11-9-8-10-12-18)28-24(33)19-15-31(37(7,35)36)20-13-14-30(21(19)20)25(34)22(26(3,4)5)29-23(32)17(2)27-6/h16-22,27H,8-15H2,1-7H3,(H,28,33)(H,29,32)/t16-,17-,19-,20+,21+,22+/m0/s1. The maximum Gasteiger partial charge on any atom is 0.246 e. The molecule has 2 heterocycles. The van der Waals surface area contributed by atoms with Crippen LogP contribution in [0.15, 0.2) is 0 Å². The molecule has 0 aromatic rings. The minimum Gasteiger partial charge on any atom is -0.353 e. The zero-order valence-electron chi connectivity index (χ0n) is 23.5. The highest BCUT2D eigenvalue weighted by atomic mass is 32.2. The van der Waals surface area contributed by atoms with Crippen LogP contribution in [0.3, 0.4) is 0 Å². The van der Waals surface area contributed by atoms with Gasteiger partial charge in [-0.1, -0.05) is 40.0 Å². The Morgan fingerprint density at radius 2 is 1.59 bits per heavy atom. The number of carbonyl (C=O) groups is 3. The number of hydrogen-bond donors (Lipinski definition) is 3. The van der Waals surface area contributed by atoms with Crippen molar-refractivity contribution in [3.05, 3.63) is 0 Å². The first-order valence-electron chi connectivity index (χ1n) is 13.7. The van der Waals surface area contributed by atoms with Gasteiger partial charge in [-0.3, -0.25) is 14.4 Å². The Kier molecular flexibility index (Phi) is 9.33. The van der Waals surface area contributed by atoms with Crippen LogP contribution in [0.1, 0.15) is 73.1 Å². The number of fused-ring (bicyclic) bond motifs is 1. The lowest BCUT2D eigenvalue weighted by Crippen LogP contribution is -2.59. The minimum atomic E-state index is -3.57. The number of likely N-dealkylation sites (N-methyl/N-ethyl adjacent to an activating group) is 1. The number of likely N-dealkylation sites (tertiary alicyclic amines) is 1. The quantitative estimate of drug-likeness (QED) is 0.422. The van der Waals surface area contributed by atoms with E-state index in [0.717, 1.165) is 31.9 Å². The van der Waals surface area contributed by atoms with Gasteiger partial charge in [0.2, 0.25) is 27.7 Å². The Balaban J connectivity index is 1.86. The van der Waals surface area contributed by atoms with Crippen LogP contribution in [0.5, 0.6) is 0 Å². The first-order chi connectivity index (χ1) is 17.2. The number of hydrogen-bond acceptors (Lipinski definition) is 6. The van der Waals surface area contributed by atoms with Gasteiger partial charge in [0.15, 0.2) is 0 Å². The molecular weight excluding hydrogens is 494 g/mol. The molecule has 1 aliphatic carbocycles. The molecule has 10 nitrogen and oxygen atoms in total. The molecule has 0 aromatic heterocycles. The van der Waals surface area contributed by atoms with Gasteiger partial charge in [-0.15, -0.1) is 0 Å². The van der Waals surface area contributed by atoms with E-state index in [2.05, 4.69) is 16.0 Å². The Morgan fingerprint density at radius 1 is 0.973 bits per heavy atom. The summed E-state index contributed by atoms with van der Waals surface area (Å²) in [7, 11) is -1.89. The van der Waals surface area contributed by atoms with E-state index in [1.54, 1.807) is 18.9 Å². The van der Waals surface area contributed by atoms with Crippen LogP contribution in [-0.4, -0.2) is 91.9 Å². The Morgan fingerprint density at radius 3 is 2.14 bits per heavy atom. The number of nitrogens with zero attached hydrogens (tertiary/aromatic N) is 2. The van der Waals surface area contributed by atoms with Crippen molar-refractivity contribution in [3.8, 4) is 0 Å². The first-order valence-corrected chi connectivity index (χ1v) is 15.6. The van der Waals surface area contributed by atoms with Crippen molar-refractivity contribution in [3.63, 3.8) is 0 Å². The molecule has 212 valence electrons. The number of rotatable bonds is 8. The molecule has 0 unspecified atom stereocenters. The molecule has 1 saturated carbocycles. The van der Waals surface area contributed by atoms with Gasteiger partial charge in [0.1, 0.15) is 6.04 Å². The third-order valence-electron chi connectivity index (χ3n) is 8.58. The summed E-state index contributed by atoms with van der Waals surface area (Å²) in [5, 5.41) is 8.97. The van der Waals surface area contributed by atoms with Crippen LogP contribution in [0.25, 0.3) is 0 Å². The fourth-order valence-corrected chi connectivity index (χ4v) is 7.36. The number of amides is 3.